The Labute approximate surface area is 129 Å². The molecule has 0 saturated heterocycles. The number of methoxy groups -OCH3 is 1. The van der Waals surface area contributed by atoms with E-state index in [1.165, 1.54) is 5.56 Å². The van der Waals surface area contributed by atoms with E-state index in [2.05, 4.69) is 10.3 Å². The van der Waals surface area contributed by atoms with Crippen molar-refractivity contribution in [1.29, 1.82) is 0 Å². The largest absolute Gasteiger partial charge is 0.496 e. The quantitative estimate of drug-likeness (QED) is 0.806. The number of nitrogens with two attached hydrogens (primary N) is 1. The highest BCUT2D eigenvalue weighted by molar-refractivity contribution is 5.72. The Bertz CT molecular complexity index is 806. The van der Waals surface area contributed by atoms with Crippen LogP contribution in [0, 0.1) is 13.8 Å². The third kappa shape index (κ3) is 2.41. The average molecular weight is 294 g/mol. The summed E-state index contributed by atoms with van der Waals surface area (Å²) in [5.74, 6) is 1.36. The molecule has 0 aliphatic rings. The number of hydrogen-bond acceptors (Lipinski definition) is 4. The van der Waals surface area contributed by atoms with Crippen molar-refractivity contribution in [2.45, 2.75) is 13.8 Å². The van der Waals surface area contributed by atoms with Crippen LogP contribution in [0.1, 0.15) is 11.1 Å². The van der Waals surface area contributed by atoms with Crippen molar-refractivity contribution in [3.05, 3.63) is 53.6 Å². The maximum absolute atomic E-state index is 6.23. The summed E-state index contributed by atoms with van der Waals surface area (Å²) in [6.07, 6.45) is 0. The molecule has 0 atom stereocenters. The van der Waals surface area contributed by atoms with Crippen LogP contribution in [0.4, 0.5) is 5.82 Å². The minimum atomic E-state index is 0.522. The highest BCUT2D eigenvalue weighted by atomic mass is 16.5. The lowest BCUT2D eigenvalue weighted by atomic mass is 10.1. The third-order valence-electron chi connectivity index (χ3n) is 3.65. The van der Waals surface area contributed by atoms with Crippen molar-refractivity contribution in [2.75, 3.05) is 12.8 Å². The monoisotopic (exact) mass is 294 g/mol. The molecule has 0 saturated carbocycles. The Hall–Kier alpha value is -2.82. The molecule has 0 unspecified atom stereocenters. The molecule has 3 aromatic rings. The molecule has 1 aromatic heterocycles. The number of nitrogen functional groups attached to an aromatic ring is 1. The Balaban J connectivity index is 2.03. The van der Waals surface area contributed by atoms with E-state index < -0.39 is 0 Å². The molecular weight excluding hydrogens is 276 g/mol. The molecule has 2 N–H and O–H groups in total. The highest BCUT2D eigenvalue weighted by Gasteiger charge is 2.14. The fourth-order valence-corrected chi connectivity index (χ4v) is 2.40. The zero-order valence-corrected chi connectivity index (χ0v) is 12.9. The minimum Gasteiger partial charge on any atom is -0.496 e. The zero-order valence-electron chi connectivity index (χ0n) is 12.9. The van der Waals surface area contributed by atoms with Crippen LogP contribution in [-0.2, 0) is 0 Å². The van der Waals surface area contributed by atoms with Gasteiger partial charge in [-0.3, -0.25) is 0 Å². The molecule has 22 heavy (non-hydrogen) atoms. The van der Waals surface area contributed by atoms with Gasteiger partial charge in [0.15, 0.2) is 5.82 Å². The van der Waals surface area contributed by atoms with Gasteiger partial charge in [-0.2, -0.15) is 4.68 Å². The summed E-state index contributed by atoms with van der Waals surface area (Å²) in [6.45, 7) is 4.03. The lowest BCUT2D eigenvalue weighted by Crippen LogP contribution is -2.02. The Morgan fingerprint density at radius 1 is 1.05 bits per heavy atom. The predicted molar refractivity (Wildman–Crippen MR) is 87.2 cm³/mol. The molecule has 0 spiro atoms. The number of benzene rings is 2. The third-order valence-corrected chi connectivity index (χ3v) is 3.65. The van der Waals surface area contributed by atoms with E-state index in [0.717, 1.165) is 22.6 Å². The fraction of sp³-hybridized carbons (Fsp3) is 0.176. The number of hydrogen-bond donors (Lipinski definition) is 1. The molecule has 1 heterocycles. The number of rotatable bonds is 3. The summed E-state index contributed by atoms with van der Waals surface area (Å²) in [6, 6.07) is 13.8. The summed E-state index contributed by atoms with van der Waals surface area (Å²) < 4.78 is 6.93. The standard InChI is InChI=1S/C17H18N4O/c1-11-4-7-14(8-5-11)21-17(18)16(19-20-21)13-6-9-15(22-3)12(2)10-13/h4-10H,18H2,1-3H3. The second-order valence-corrected chi connectivity index (χ2v) is 5.26. The molecule has 0 fully saturated rings. The Morgan fingerprint density at radius 3 is 2.41 bits per heavy atom. The van der Waals surface area contributed by atoms with Crippen LogP contribution in [0.15, 0.2) is 42.5 Å². The molecule has 0 aliphatic heterocycles. The molecule has 112 valence electrons. The van der Waals surface area contributed by atoms with Gasteiger partial charge in [-0.15, -0.1) is 5.10 Å². The number of anilines is 1. The molecule has 5 heteroatoms. The summed E-state index contributed by atoms with van der Waals surface area (Å²) >= 11 is 0. The Morgan fingerprint density at radius 2 is 1.77 bits per heavy atom. The smallest absolute Gasteiger partial charge is 0.155 e. The van der Waals surface area contributed by atoms with Crippen LogP contribution >= 0.6 is 0 Å². The van der Waals surface area contributed by atoms with Gasteiger partial charge in [-0.05, 0) is 49.7 Å². The van der Waals surface area contributed by atoms with Gasteiger partial charge in [0.25, 0.3) is 0 Å². The van der Waals surface area contributed by atoms with Crippen LogP contribution in [-0.4, -0.2) is 22.1 Å². The van der Waals surface area contributed by atoms with Gasteiger partial charge in [0.2, 0.25) is 0 Å². The first-order chi connectivity index (χ1) is 10.6. The summed E-state index contributed by atoms with van der Waals surface area (Å²) in [5, 5.41) is 8.40. The van der Waals surface area contributed by atoms with E-state index in [9.17, 15) is 0 Å². The van der Waals surface area contributed by atoms with E-state index in [1.54, 1.807) is 11.8 Å². The van der Waals surface area contributed by atoms with Gasteiger partial charge >= 0.3 is 0 Å². The second kappa shape index (κ2) is 5.52. The van der Waals surface area contributed by atoms with Crippen molar-refractivity contribution in [3.8, 4) is 22.7 Å². The maximum Gasteiger partial charge on any atom is 0.155 e. The molecule has 0 radical (unpaired) electrons. The summed E-state index contributed by atoms with van der Waals surface area (Å²) in [4.78, 5) is 0. The maximum atomic E-state index is 6.23. The molecule has 0 bridgehead atoms. The van der Waals surface area contributed by atoms with Crippen molar-refractivity contribution >= 4 is 5.82 Å². The van der Waals surface area contributed by atoms with E-state index in [4.69, 9.17) is 10.5 Å². The van der Waals surface area contributed by atoms with Crippen molar-refractivity contribution in [1.82, 2.24) is 15.0 Å². The van der Waals surface area contributed by atoms with Crippen molar-refractivity contribution in [3.63, 3.8) is 0 Å². The number of ether oxygens (including phenoxy) is 1. The minimum absolute atomic E-state index is 0.522. The first-order valence-electron chi connectivity index (χ1n) is 7.03. The molecule has 0 aliphatic carbocycles. The topological polar surface area (TPSA) is 66.0 Å². The summed E-state index contributed by atoms with van der Waals surface area (Å²) in [5.41, 5.74) is 10.9. The van der Waals surface area contributed by atoms with Gasteiger partial charge in [-0.1, -0.05) is 22.9 Å². The molecule has 3 rings (SSSR count). The van der Waals surface area contributed by atoms with Crippen LogP contribution in [0.25, 0.3) is 16.9 Å². The van der Waals surface area contributed by atoms with Gasteiger partial charge in [-0.25, -0.2) is 0 Å². The van der Waals surface area contributed by atoms with E-state index >= 15 is 0 Å². The summed E-state index contributed by atoms with van der Waals surface area (Å²) in [7, 11) is 1.66. The molecule has 2 aromatic carbocycles. The number of nitrogens with zero attached hydrogens (tertiary/aromatic N) is 3. The average Bonchev–Trinajstić information content (AvgIpc) is 2.90. The van der Waals surface area contributed by atoms with E-state index in [0.29, 0.717) is 11.5 Å². The highest BCUT2D eigenvalue weighted by Crippen LogP contribution is 2.29. The normalized spacial score (nSPS) is 10.7. The molecule has 0 amide bonds. The van der Waals surface area contributed by atoms with Crippen molar-refractivity contribution < 1.29 is 4.74 Å². The van der Waals surface area contributed by atoms with Crippen molar-refractivity contribution in [2.24, 2.45) is 0 Å². The van der Waals surface area contributed by atoms with Crippen LogP contribution < -0.4 is 10.5 Å². The first-order valence-corrected chi connectivity index (χ1v) is 7.03. The first kappa shape index (κ1) is 14.1. The molecule has 5 nitrogen and oxygen atoms in total. The van der Waals surface area contributed by atoms with Gasteiger partial charge in [0.05, 0.1) is 12.8 Å². The zero-order chi connectivity index (χ0) is 15.7. The predicted octanol–water partition coefficient (Wildman–Crippen LogP) is 3.14. The lowest BCUT2D eigenvalue weighted by molar-refractivity contribution is 0.412. The van der Waals surface area contributed by atoms with Crippen LogP contribution in [0.3, 0.4) is 0 Å². The number of aryl methyl sites for hydroxylation is 2. The Kier molecular flexibility index (Phi) is 3.55. The van der Waals surface area contributed by atoms with Gasteiger partial charge in [0, 0.05) is 5.56 Å². The van der Waals surface area contributed by atoms with E-state index in [-0.39, 0.29) is 0 Å². The SMILES string of the molecule is COc1ccc(-c2nnn(-c3ccc(C)cc3)c2N)cc1C. The second-order valence-electron chi connectivity index (χ2n) is 5.26. The number of aromatic nitrogens is 3. The van der Waals surface area contributed by atoms with E-state index in [1.807, 2.05) is 56.3 Å². The van der Waals surface area contributed by atoms with Crippen LogP contribution in [0.2, 0.25) is 0 Å². The molecular formula is C17H18N4O. The fourth-order valence-electron chi connectivity index (χ4n) is 2.40. The van der Waals surface area contributed by atoms with Crippen LogP contribution in [0.5, 0.6) is 5.75 Å². The van der Waals surface area contributed by atoms with Gasteiger partial charge < -0.3 is 10.5 Å². The lowest BCUT2D eigenvalue weighted by Gasteiger charge is -2.07. The van der Waals surface area contributed by atoms with Gasteiger partial charge in [0.1, 0.15) is 11.4 Å².